The number of hydrogen-bond acceptors (Lipinski definition) is 1. The predicted octanol–water partition coefficient (Wildman–Crippen LogP) is 3.82. The highest BCUT2D eigenvalue weighted by Gasteiger charge is 2.01. The molecule has 0 unspecified atom stereocenters. The summed E-state index contributed by atoms with van der Waals surface area (Å²) in [5, 5.41) is 0. The topological polar surface area (TPSA) is 12.9 Å². The Morgan fingerprint density at radius 3 is 2.64 bits per heavy atom. The average Bonchev–Trinajstić information content (AvgIpc) is 2.18. The number of halogens is 1. The number of aryl methyl sites for hydroxylation is 1. The Bertz CT molecular complexity index is 452. The molecule has 0 aliphatic rings. The van der Waals surface area contributed by atoms with Gasteiger partial charge in [0.25, 0.3) is 0 Å². The third-order valence-electron chi connectivity index (χ3n) is 2.06. The molecule has 1 nitrogen and oxygen atoms in total. The van der Waals surface area contributed by atoms with E-state index < -0.39 is 0 Å². The molecule has 0 radical (unpaired) electrons. The van der Waals surface area contributed by atoms with Crippen LogP contribution in [0.1, 0.15) is 5.56 Å². The van der Waals surface area contributed by atoms with Crippen LogP contribution >= 0.6 is 15.9 Å². The summed E-state index contributed by atoms with van der Waals surface area (Å²) in [6, 6.07) is 10.3. The van der Waals surface area contributed by atoms with Crippen LogP contribution in [0.25, 0.3) is 11.1 Å². The highest BCUT2D eigenvalue weighted by molar-refractivity contribution is 9.10. The zero-order valence-corrected chi connectivity index (χ0v) is 9.45. The molecule has 2 rings (SSSR count). The van der Waals surface area contributed by atoms with Crippen molar-refractivity contribution in [3.8, 4) is 11.1 Å². The van der Waals surface area contributed by atoms with E-state index in [4.69, 9.17) is 0 Å². The van der Waals surface area contributed by atoms with Crippen LogP contribution in [-0.4, -0.2) is 4.98 Å². The van der Waals surface area contributed by atoms with Crippen molar-refractivity contribution in [2.75, 3.05) is 0 Å². The molecular formula is C12H10BrN. The highest BCUT2D eigenvalue weighted by atomic mass is 79.9. The molecular weight excluding hydrogens is 238 g/mol. The molecule has 0 spiro atoms. The van der Waals surface area contributed by atoms with Crippen molar-refractivity contribution in [2.24, 2.45) is 0 Å². The number of nitrogens with zero attached hydrogens (tertiary/aromatic N) is 1. The second-order valence-electron chi connectivity index (χ2n) is 3.23. The number of hydrogen-bond donors (Lipinski definition) is 0. The lowest BCUT2D eigenvalue weighted by Gasteiger charge is -2.04. The second kappa shape index (κ2) is 3.93. The maximum Gasteiger partial charge on any atom is 0.0346 e. The smallest absolute Gasteiger partial charge is 0.0346 e. The van der Waals surface area contributed by atoms with Crippen molar-refractivity contribution in [3.05, 3.63) is 52.8 Å². The van der Waals surface area contributed by atoms with Crippen molar-refractivity contribution < 1.29 is 0 Å². The van der Waals surface area contributed by atoms with Crippen LogP contribution in [0.2, 0.25) is 0 Å². The summed E-state index contributed by atoms with van der Waals surface area (Å²) in [5.41, 5.74) is 3.51. The highest BCUT2D eigenvalue weighted by Crippen LogP contribution is 2.27. The molecule has 0 amide bonds. The van der Waals surface area contributed by atoms with Gasteiger partial charge in [-0.1, -0.05) is 34.1 Å². The van der Waals surface area contributed by atoms with Gasteiger partial charge in [-0.05, 0) is 30.2 Å². The van der Waals surface area contributed by atoms with Gasteiger partial charge in [0.2, 0.25) is 0 Å². The lowest BCUT2D eigenvalue weighted by Crippen LogP contribution is -1.83. The minimum atomic E-state index is 1.10. The van der Waals surface area contributed by atoms with Crippen molar-refractivity contribution in [3.63, 3.8) is 0 Å². The van der Waals surface area contributed by atoms with Crippen LogP contribution in [0.4, 0.5) is 0 Å². The zero-order chi connectivity index (χ0) is 9.97. The molecule has 0 aliphatic carbocycles. The number of rotatable bonds is 1. The molecule has 0 bridgehead atoms. The van der Waals surface area contributed by atoms with Crippen LogP contribution < -0.4 is 0 Å². The Morgan fingerprint density at radius 2 is 1.93 bits per heavy atom. The van der Waals surface area contributed by atoms with Crippen LogP contribution in [0, 0.1) is 6.92 Å². The molecule has 0 fully saturated rings. The van der Waals surface area contributed by atoms with E-state index in [0.717, 1.165) is 10.0 Å². The molecule has 0 aliphatic heterocycles. The molecule has 1 heterocycles. The first-order valence-corrected chi connectivity index (χ1v) is 5.23. The fourth-order valence-corrected chi connectivity index (χ4v) is 1.91. The van der Waals surface area contributed by atoms with Crippen LogP contribution in [-0.2, 0) is 0 Å². The maximum atomic E-state index is 4.18. The number of aromatic nitrogens is 1. The maximum absolute atomic E-state index is 4.18. The molecule has 14 heavy (non-hydrogen) atoms. The van der Waals surface area contributed by atoms with Crippen molar-refractivity contribution in [1.82, 2.24) is 4.98 Å². The van der Waals surface area contributed by atoms with E-state index in [-0.39, 0.29) is 0 Å². The zero-order valence-electron chi connectivity index (χ0n) is 7.87. The molecule has 2 heteroatoms. The number of benzene rings is 1. The van der Waals surface area contributed by atoms with E-state index in [2.05, 4.69) is 33.0 Å². The van der Waals surface area contributed by atoms with Gasteiger partial charge >= 0.3 is 0 Å². The van der Waals surface area contributed by atoms with Gasteiger partial charge in [-0.25, -0.2) is 0 Å². The normalized spacial score (nSPS) is 10.1. The standard InChI is InChI=1S/C12H10BrN/c1-9-6-10(8-14-7-9)11-4-2-3-5-12(11)13/h2-8H,1H3. The first kappa shape index (κ1) is 9.41. The molecule has 70 valence electrons. The van der Waals surface area contributed by atoms with E-state index in [1.807, 2.05) is 37.5 Å². The lowest BCUT2D eigenvalue weighted by molar-refractivity contribution is 1.27. The molecule has 1 aromatic heterocycles. The van der Waals surface area contributed by atoms with Gasteiger partial charge in [0.15, 0.2) is 0 Å². The lowest BCUT2D eigenvalue weighted by atomic mass is 10.1. The SMILES string of the molecule is Cc1cncc(-c2ccccc2Br)c1. The summed E-state index contributed by atoms with van der Waals surface area (Å²) < 4.78 is 1.10. The average molecular weight is 248 g/mol. The van der Waals surface area contributed by atoms with E-state index in [9.17, 15) is 0 Å². The first-order valence-electron chi connectivity index (χ1n) is 4.44. The van der Waals surface area contributed by atoms with Gasteiger partial charge in [0, 0.05) is 22.4 Å². The van der Waals surface area contributed by atoms with Gasteiger partial charge in [-0.2, -0.15) is 0 Å². The van der Waals surface area contributed by atoms with Crippen molar-refractivity contribution in [1.29, 1.82) is 0 Å². The van der Waals surface area contributed by atoms with Gasteiger partial charge in [0.05, 0.1) is 0 Å². The fourth-order valence-electron chi connectivity index (χ4n) is 1.40. The summed E-state index contributed by atoms with van der Waals surface area (Å²) in [4.78, 5) is 4.18. The monoisotopic (exact) mass is 247 g/mol. The Kier molecular flexibility index (Phi) is 2.64. The minimum Gasteiger partial charge on any atom is -0.264 e. The van der Waals surface area contributed by atoms with Gasteiger partial charge in [-0.3, -0.25) is 4.98 Å². The first-order chi connectivity index (χ1) is 6.77. The van der Waals surface area contributed by atoms with E-state index >= 15 is 0 Å². The molecule has 0 atom stereocenters. The van der Waals surface area contributed by atoms with Crippen LogP contribution in [0.15, 0.2) is 47.2 Å². The summed E-state index contributed by atoms with van der Waals surface area (Å²) in [7, 11) is 0. The van der Waals surface area contributed by atoms with Crippen LogP contribution in [0.3, 0.4) is 0 Å². The fraction of sp³-hybridized carbons (Fsp3) is 0.0833. The molecule has 1 aromatic carbocycles. The summed E-state index contributed by atoms with van der Waals surface area (Å²) in [5.74, 6) is 0. The van der Waals surface area contributed by atoms with E-state index in [1.165, 1.54) is 11.1 Å². The molecule has 0 saturated heterocycles. The second-order valence-corrected chi connectivity index (χ2v) is 4.09. The Morgan fingerprint density at radius 1 is 1.14 bits per heavy atom. The molecule has 2 aromatic rings. The van der Waals surface area contributed by atoms with Crippen molar-refractivity contribution in [2.45, 2.75) is 6.92 Å². The van der Waals surface area contributed by atoms with E-state index in [1.54, 1.807) is 0 Å². The summed E-state index contributed by atoms with van der Waals surface area (Å²) >= 11 is 3.53. The number of pyridine rings is 1. The third-order valence-corrected chi connectivity index (χ3v) is 2.75. The van der Waals surface area contributed by atoms with Crippen molar-refractivity contribution >= 4 is 15.9 Å². The molecule has 0 N–H and O–H groups in total. The minimum absolute atomic E-state index is 1.10. The predicted molar refractivity (Wildman–Crippen MR) is 62.1 cm³/mol. The third kappa shape index (κ3) is 1.85. The Balaban J connectivity index is 2.55. The van der Waals surface area contributed by atoms with Gasteiger partial charge in [-0.15, -0.1) is 0 Å². The van der Waals surface area contributed by atoms with E-state index in [0.29, 0.717) is 0 Å². The van der Waals surface area contributed by atoms with Crippen LogP contribution in [0.5, 0.6) is 0 Å². The van der Waals surface area contributed by atoms with Gasteiger partial charge in [0.1, 0.15) is 0 Å². The summed E-state index contributed by atoms with van der Waals surface area (Å²) in [6.45, 7) is 2.05. The Labute approximate surface area is 91.9 Å². The quantitative estimate of drug-likeness (QED) is 0.747. The van der Waals surface area contributed by atoms with Gasteiger partial charge < -0.3 is 0 Å². The Hall–Kier alpha value is -1.15. The largest absolute Gasteiger partial charge is 0.264 e. The molecule has 0 saturated carbocycles. The summed E-state index contributed by atoms with van der Waals surface area (Å²) in [6.07, 6.45) is 3.74.